The molecule has 0 aromatic heterocycles. The maximum absolute atomic E-state index is 11.1. The molecule has 5 nitrogen and oxygen atoms in total. The molecule has 0 bridgehead atoms. The highest BCUT2D eigenvalue weighted by atomic mass is 16.7. The van der Waals surface area contributed by atoms with Crippen molar-refractivity contribution >= 4 is 5.97 Å². The van der Waals surface area contributed by atoms with Crippen LogP contribution in [0.5, 0.6) is 11.5 Å². The molecule has 0 heterocycles. The molecule has 5 heteroatoms. The summed E-state index contributed by atoms with van der Waals surface area (Å²) in [5.41, 5.74) is 1.83. The van der Waals surface area contributed by atoms with Gasteiger partial charge in [-0.15, -0.1) is 0 Å². The molecule has 0 saturated heterocycles. The molecule has 0 aliphatic heterocycles. The summed E-state index contributed by atoms with van der Waals surface area (Å²) in [4.78, 5) is 11.1. The quantitative estimate of drug-likeness (QED) is 0.662. The normalized spacial score (nSPS) is 21.5. The van der Waals surface area contributed by atoms with Gasteiger partial charge in [-0.3, -0.25) is 4.79 Å². The highest BCUT2D eigenvalue weighted by Crippen LogP contribution is 2.39. The summed E-state index contributed by atoms with van der Waals surface area (Å²) in [6.45, 7) is 1.29. The lowest BCUT2D eigenvalue weighted by Crippen LogP contribution is -2.40. The molecule has 0 saturated carbocycles. The molecule has 0 unspecified atom stereocenters. The molecule has 19 heavy (non-hydrogen) atoms. The Morgan fingerprint density at radius 1 is 1.21 bits per heavy atom. The predicted molar refractivity (Wildman–Crippen MR) is 68.3 cm³/mol. The monoisotopic (exact) mass is 266 g/mol. The summed E-state index contributed by atoms with van der Waals surface area (Å²) in [7, 11) is 3.18. The molecule has 2 rings (SSSR count). The van der Waals surface area contributed by atoms with Gasteiger partial charge in [-0.25, -0.2) is 0 Å². The van der Waals surface area contributed by atoms with Crippen LogP contribution in [0.25, 0.3) is 0 Å². The number of hydrogen-bond acceptors (Lipinski definition) is 5. The maximum atomic E-state index is 11.1. The summed E-state index contributed by atoms with van der Waals surface area (Å²) >= 11 is 0. The van der Waals surface area contributed by atoms with Crippen LogP contribution in [-0.4, -0.2) is 31.1 Å². The van der Waals surface area contributed by atoms with Crippen molar-refractivity contribution in [2.45, 2.75) is 32.0 Å². The second-order valence-electron chi connectivity index (χ2n) is 4.64. The molecule has 0 spiro atoms. The van der Waals surface area contributed by atoms with Gasteiger partial charge in [0.2, 0.25) is 5.79 Å². The number of esters is 1. The third-order valence-electron chi connectivity index (χ3n) is 3.34. The Labute approximate surface area is 112 Å². The van der Waals surface area contributed by atoms with Gasteiger partial charge in [-0.05, 0) is 18.6 Å². The highest BCUT2D eigenvalue weighted by molar-refractivity contribution is 5.66. The number of ether oxygens (including phenoxy) is 3. The van der Waals surface area contributed by atoms with E-state index in [1.54, 1.807) is 20.3 Å². The number of aliphatic hydroxyl groups is 1. The lowest BCUT2D eigenvalue weighted by molar-refractivity contribution is -0.211. The van der Waals surface area contributed by atoms with Crippen molar-refractivity contribution in [1.29, 1.82) is 0 Å². The van der Waals surface area contributed by atoms with E-state index < -0.39 is 11.8 Å². The van der Waals surface area contributed by atoms with E-state index in [4.69, 9.17) is 14.2 Å². The Bertz CT molecular complexity index is 497. The number of fused-ring (bicyclic) bond motifs is 1. The van der Waals surface area contributed by atoms with Gasteiger partial charge in [0, 0.05) is 30.9 Å². The van der Waals surface area contributed by atoms with Crippen LogP contribution in [0.2, 0.25) is 0 Å². The summed E-state index contributed by atoms with van der Waals surface area (Å²) < 4.78 is 15.6. The van der Waals surface area contributed by atoms with Crippen molar-refractivity contribution in [3.05, 3.63) is 23.3 Å². The first-order chi connectivity index (χ1) is 8.99. The van der Waals surface area contributed by atoms with E-state index in [-0.39, 0.29) is 6.42 Å². The van der Waals surface area contributed by atoms with Crippen LogP contribution < -0.4 is 9.47 Å². The minimum absolute atomic E-state index is 0.211. The fourth-order valence-electron chi connectivity index (χ4n) is 2.54. The molecule has 0 amide bonds. The standard InChI is InChI=1S/C14H18O5/c1-9(15)19-14(16)7-6-10-11(8-14)13(18-3)5-4-12(10)17-2/h4-5,16H,6-8H2,1-3H3/t14-/m1/s1. The zero-order valence-corrected chi connectivity index (χ0v) is 11.4. The van der Waals surface area contributed by atoms with Gasteiger partial charge in [-0.1, -0.05) is 0 Å². The third kappa shape index (κ3) is 2.66. The van der Waals surface area contributed by atoms with Crippen LogP contribution in [0.3, 0.4) is 0 Å². The zero-order chi connectivity index (χ0) is 14.0. The van der Waals surface area contributed by atoms with E-state index in [0.29, 0.717) is 18.6 Å². The first-order valence-electron chi connectivity index (χ1n) is 6.14. The Morgan fingerprint density at radius 3 is 2.32 bits per heavy atom. The van der Waals surface area contributed by atoms with E-state index in [9.17, 15) is 9.90 Å². The van der Waals surface area contributed by atoms with Crippen molar-refractivity contribution in [2.75, 3.05) is 14.2 Å². The van der Waals surface area contributed by atoms with Crippen LogP contribution >= 0.6 is 0 Å². The van der Waals surface area contributed by atoms with Gasteiger partial charge >= 0.3 is 5.97 Å². The predicted octanol–water partition coefficient (Wildman–Crippen LogP) is 1.44. The lowest BCUT2D eigenvalue weighted by Gasteiger charge is -2.33. The molecule has 1 aliphatic carbocycles. The number of hydrogen-bond donors (Lipinski definition) is 1. The second kappa shape index (κ2) is 5.09. The van der Waals surface area contributed by atoms with Gasteiger partial charge in [-0.2, -0.15) is 0 Å². The van der Waals surface area contributed by atoms with E-state index in [1.165, 1.54) is 6.92 Å². The smallest absolute Gasteiger partial charge is 0.305 e. The van der Waals surface area contributed by atoms with Crippen molar-refractivity contribution in [2.24, 2.45) is 0 Å². The minimum atomic E-state index is -1.46. The molecular formula is C14H18O5. The molecule has 1 aromatic rings. The first-order valence-corrected chi connectivity index (χ1v) is 6.14. The van der Waals surface area contributed by atoms with Crippen LogP contribution in [0.4, 0.5) is 0 Å². The summed E-state index contributed by atoms with van der Waals surface area (Å²) in [6, 6.07) is 3.63. The summed E-state index contributed by atoms with van der Waals surface area (Å²) in [6.07, 6.45) is 1.13. The number of rotatable bonds is 3. The molecule has 0 radical (unpaired) electrons. The molecular weight excluding hydrogens is 248 g/mol. The topological polar surface area (TPSA) is 65.0 Å². The molecule has 1 aliphatic rings. The van der Waals surface area contributed by atoms with Gasteiger partial charge < -0.3 is 19.3 Å². The number of methoxy groups -OCH3 is 2. The van der Waals surface area contributed by atoms with Crippen LogP contribution in [0, 0.1) is 0 Å². The van der Waals surface area contributed by atoms with E-state index in [2.05, 4.69) is 0 Å². The number of benzene rings is 1. The highest BCUT2D eigenvalue weighted by Gasteiger charge is 2.37. The van der Waals surface area contributed by atoms with Crippen LogP contribution in [-0.2, 0) is 22.4 Å². The Kier molecular flexibility index (Phi) is 3.66. The molecule has 1 aromatic carbocycles. The number of carbonyl (C=O) groups is 1. The average molecular weight is 266 g/mol. The van der Waals surface area contributed by atoms with Crippen molar-refractivity contribution in [3.63, 3.8) is 0 Å². The molecule has 104 valence electrons. The van der Waals surface area contributed by atoms with E-state index in [1.807, 2.05) is 6.07 Å². The van der Waals surface area contributed by atoms with Crippen molar-refractivity contribution in [1.82, 2.24) is 0 Å². The van der Waals surface area contributed by atoms with Crippen molar-refractivity contribution in [3.8, 4) is 11.5 Å². The van der Waals surface area contributed by atoms with Gasteiger partial charge in [0.1, 0.15) is 11.5 Å². The average Bonchev–Trinajstić information content (AvgIpc) is 2.35. The molecule has 0 fully saturated rings. The maximum Gasteiger partial charge on any atom is 0.305 e. The molecule has 1 N–H and O–H groups in total. The van der Waals surface area contributed by atoms with E-state index >= 15 is 0 Å². The SMILES string of the molecule is COc1ccc(OC)c2c1CC[C@@](O)(OC(C)=O)C2. The fraction of sp³-hybridized carbons (Fsp3) is 0.500. The van der Waals surface area contributed by atoms with E-state index in [0.717, 1.165) is 16.9 Å². The van der Waals surface area contributed by atoms with Gasteiger partial charge in [0.05, 0.1) is 14.2 Å². The zero-order valence-electron chi connectivity index (χ0n) is 11.4. The minimum Gasteiger partial charge on any atom is -0.496 e. The first kappa shape index (κ1) is 13.7. The fourth-order valence-corrected chi connectivity index (χ4v) is 2.54. The van der Waals surface area contributed by atoms with Gasteiger partial charge in [0.15, 0.2) is 0 Å². The lowest BCUT2D eigenvalue weighted by atomic mass is 9.86. The Hall–Kier alpha value is -1.75. The summed E-state index contributed by atoms with van der Waals surface area (Å²) in [5, 5.41) is 10.3. The second-order valence-corrected chi connectivity index (χ2v) is 4.64. The summed E-state index contributed by atoms with van der Waals surface area (Å²) in [5.74, 6) is -0.520. The van der Waals surface area contributed by atoms with Crippen molar-refractivity contribution < 1.29 is 24.1 Å². The Balaban J connectivity index is 2.40. The van der Waals surface area contributed by atoms with Gasteiger partial charge in [0.25, 0.3) is 0 Å². The molecule has 1 atom stereocenters. The van der Waals surface area contributed by atoms with Crippen LogP contribution in [0.15, 0.2) is 12.1 Å². The van der Waals surface area contributed by atoms with Crippen LogP contribution in [0.1, 0.15) is 24.5 Å². The third-order valence-corrected chi connectivity index (χ3v) is 3.34. The Morgan fingerprint density at radius 2 is 1.79 bits per heavy atom. The largest absolute Gasteiger partial charge is 0.496 e. The number of carbonyl (C=O) groups excluding carboxylic acids is 1.